The van der Waals surface area contributed by atoms with E-state index in [1.54, 1.807) is 0 Å². The second-order valence-corrected chi connectivity index (χ2v) is 5.06. The van der Waals surface area contributed by atoms with E-state index in [2.05, 4.69) is 52.1 Å². The van der Waals surface area contributed by atoms with Crippen molar-refractivity contribution in [1.29, 1.82) is 0 Å². The minimum absolute atomic E-state index is 0.668. The van der Waals surface area contributed by atoms with Crippen molar-refractivity contribution in [3.63, 3.8) is 0 Å². The van der Waals surface area contributed by atoms with Crippen LogP contribution in [0.1, 0.15) is 48.9 Å². The monoisotopic (exact) mass is 233 g/mol. The van der Waals surface area contributed by atoms with Gasteiger partial charge in [0, 0.05) is 6.04 Å². The van der Waals surface area contributed by atoms with Crippen LogP contribution >= 0.6 is 0 Å². The molecule has 0 amide bonds. The molecule has 0 fully saturated rings. The Bertz CT molecular complexity index is 355. The normalized spacial score (nSPS) is 12.8. The Balaban J connectivity index is 2.65. The van der Waals surface area contributed by atoms with Crippen molar-refractivity contribution in [1.82, 2.24) is 5.32 Å². The Morgan fingerprint density at radius 1 is 1.00 bits per heavy atom. The predicted molar refractivity (Wildman–Crippen MR) is 76.7 cm³/mol. The first-order valence-corrected chi connectivity index (χ1v) is 6.88. The largest absolute Gasteiger partial charge is 0.314 e. The van der Waals surface area contributed by atoms with Crippen LogP contribution in [-0.2, 0) is 6.42 Å². The molecule has 1 unspecified atom stereocenters. The molecule has 0 aliphatic rings. The molecular weight excluding hydrogens is 206 g/mol. The fraction of sp³-hybridized carbons (Fsp3) is 0.625. The van der Waals surface area contributed by atoms with Crippen molar-refractivity contribution in [2.45, 2.75) is 59.9 Å². The van der Waals surface area contributed by atoms with Gasteiger partial charge in [0.15, 0.2) is 0 Å². The van der Waals surface area contributed by atoms with E-state index in [4.69, 9.17) is 0 Å². The zero-order valence-corrected chi connectivity index (χ0v) is 12.1. The van der Waals surface area contributed by atoms with Gasteiger partial charge in [0.2, 0.25) is 0 Å². The van der Waals surface area contributed by atoms with Crippen molar-refractivity contribution in [3.05, 3.63) is 34.4 Å². The minimum atomic E-state index is 0.668. The predicted octanol–water partition coefficient (Wildman–Crippen LogP) is 3.93. The second-order valence-electron chi connectivity index (χ2n) is 5.06. The number of hydrogen-bond donors (Lipinski definition) is 1. The van der Waals surface area contributed by atoms with E-state index in [0.29, 0.717) is 6.04 Å². The standard InChI is InChI=1S/C16H27N/c1-6-16(17-7-2)9-8-15-11-13(4)12(3)10-14(15)5/h10-11,16-17H,6-9H2,1-5H3. The van der Waals surface area contributed by atoms with Crippen LogP contribution in [0.2, 0.25) is 0 Å². The van der Waals surface area contributed by atoms with Crippen LogP contribution in [0.3, 0.4) is 0 Å². The molecular formula is C16H27N. The lowest BCUT2D eigenvalue weighted by atomic mass is 9.95. The summed E-state index contributed by atoms with van der Waals surface area (Å²) in [5.41, 5.74) is 5.79. The number of benzene rings is 1. The SMILES string of the molecule is CCNC(CC)CCc1cc(C)c(C)cc1C. The van der Waals surface area contributed by atoms with Crippen LogP contribution in [-0.4, -0.2) is 12.6 Å². The number of rotatable bonds is 6. The summed E-state index contributed by atoms with van der Waals surface area (Å²) in [5.74, 6) is 0. The minimum Gasteiger partial charge on any atom is -0.314 e. The quantitative estimate of drug-likeness (QED) is 0.785. The summed E-state index contributed by atoms with van der Waals surface area (Å²) in [6, 6.07) is 5.35. The summed E-state index contributed by atoms with van der Waals surface area (Å²) < 4.78 is 0. The van der Waals surface area contributed by atoms with Gasteiger partial charge < -0.3 is 5.32 Å². The summed E-state index contributed by atoms with van der Waals surface area (Å²) in [7, 11) is 0. The van der Waals surface area contributed by atoms with Gasteiger partial charge in [-0.05, 0) is 68.8 Å². The van der Waals surface area contributed by atoms with Crippen LogP contribution in [0.15, 0.2) is 12.1 Å². The molecule has 1 aromatic rings. The average Bonchev–Trinajstić information content (AvgIpc) is 2.30. The highest BCUT2D eigenvalue weighted by Crippen LogP contribution is 2.17. The number of nitrogens with one attached hydrogen (secondary N) is 1. The Hall–Kier alpha value is -0.820. The highest BCUT2D eigenvalue weighted by atomic mass is 14.9. The van der Waals surface area contributed by atoms with Crippen LogP contribution in [0.5, 0.6) is 0 Å². The topological polar surface area (TPSA) is 12.0 Å². The van der Waals surface area contributed by atoms with Crippen LogP contribution in [0, 0.1) is 20.8 Å². The van der Waals surface area contributed by atoms with E-state index in [9.17, 15) is 0 Å². The summed E-state index contributed by atoms with van der Waals surface area (Å²) in [6.45, 7) is 12.2. The lowest BCUT2D eigenvalue weighted by Gasteiger charge is -2.17. The zero-order chi connectivity index (χ0) is 12.8. The third-order valence-corrected chi connectivity index (χ3v) is 3.70. The molecule has 0 spiro atoms. The van der Waals surface area contributed by atoms with E-state index in [0.717, 1.165) is 6.54 Å². The number of hydrogen-bond acceptors (Lipinski definition) is 1. The Kier molecular flexibility index (Phi) is 5.70. The van der Waals surface area contributed by atoms with E-state index >= 15 is 0 Å². The van der Waals surface area contributed by atoms with Crippen molar-refractivity contribution < 1.29 is 0 Å². The molecule has 1 nitrogen and oxygen atoms in total. The van der Waals surface area contributed by atoms with E-state index in [-0.39, 0.29) is 0 Å². The van der Waals surface area contributed by atoms with Gasteiger partial charge in [0.1, 0.15) is 0 Å². The van der Waals surface area contributed by atoms with Crippen molar-refractivity contribution in [2.75, 3.05) is 6.54 Å². The maximum atomic E-state index is 3.55. The molecule has 0 radical (unpaired) electrons. The molecule has 0 bridgehead atoms. The van der Waals surface area contributed by atoms with Crippen molar-refractivity contribution in [2.24, 2.45) is 0 Å². The van der Waals surface area contributed by atoms with Gasteiger partial charge in [-0.15, -0.1) is 0 Å². The third kappa shape index (κ3) is 4.16. The first-order valence-electron chi connectivity index (χ1n) is 6.88. The fourth-order valence-corrected chi connectivity index (χ4v) is 2.36. The fourth-order valence-electron chi connectivity index (χ4n) is 2.36. The van der Waals surface area contributed by atoms with Gasteiger partial charge in [-0.25, -0.2) is 0 Å². The lowest BCUT2D eigenvalue weighted by Crippen LogP contribution is -2.28. The van der Waals surface area contributed by atoms with Crippen LogP contribution in [0.25, 0.3) is 0 Å². The molecule has 1 rings (SSSR count). The summed E-state index contributed by atoms with van der Waals surface area (Å²) in [6.07, 6.45) is 3.66. The lowest BCUT2D eigenvalue weighted by molar-refractivity contribution is 0.480. The summed E-state index contributed by atoms with van der Waals surface area (Å²) in [5, 5.41) is 3.55. The molecule has 0 saturated heterocycles. The van der Waals surface area contributed by atoms with E-state index in [1.165, 1.54) is 41.5 Å². The molecule has 0 aromatic heterocycles. The first kappa shape index (κ1) is 14.2. The smallest absolute Gasteiger partial charge is 0.00674 e. The molecule has 0 aliphatic carbocycles. The Morgan fingerprint density at radius 2 is 1.65 bits per heavy atom. The van der Waals surface area contributed by atoms with E-state index < -0.39 is 0 Å². The van der Waals surface area contributed by atoms with Gasteiger partial charge in [-0.1, -0.05) is 26.0 Å². The summed E-state index contributed by atoms with van der Waals surface area (Å²) >= 11 is 0. The molecule has 1 N–H and O–H groups in total. The Labute approximate surface area is 107 Å². The van der Waals surface area contributed by atoms with Gasteiger partial charge in [-0.3, -0.25) is 0 Å². The summed E-state index contributed by atoms with van der Waals surface area (Å²) in [4.78, 5) is 0. The molecule has 1 aromatic carbocycles. The van der Waals surface area contributed by atoms with Crippen molar-refractivity contribution in [3.8, 4) is 0 Å². The Morgan fingerprint density at radius 3 is 2.24 bits per heavy atom. The molecule has 1 atom stereocenters. The average molecular weight is 233 g/mol. The molecule has 96 valence electrons. The maximum absolute atomic E-state index is 3.55. The molecule has 0 aliphatic heterocycles. The second kappa shape index (κ2) is 6.80. The number of aryl methyl sites for hydroxylation is 4. The zero-order valence-electron chi connectivity index (χ0n) is 12.1. The van der Waals surface area contributed by atoms with Crippen LogP contribution in [0.4, 0.5) is 0 Å². The van der Waals surface area contributed by atoms with Crippen LogP contribution < -0.4 is 5.32 Å². The van der Waals surface area contributed by atoms with Gasteiger partial charge >= 0.3 is 0 Å². The van der Waals surface area contributed by atoms with Gasteiger partial charge in [-0.2, -0.15) is 0 Å². The first-order chi connectivity index (χ1) is 8.08. The van der Waals surface area contributed by atoms with Gasteiger partial charge in [0.25, 0.3) is 0 Å². The molecule has 0 saturated carbocycles. The van der Waals surface area contributed by atoms with E-state index in [1.807, 2.05) is 0 Å². The molecule has 0 heterocycles. The highest BCUT2D eigenvalue weighted by molar-refractivity contribution is 5.36. The third-order valence-electron chi connectivity index (χ3n) is 3.70. The molecule has 1 heteroatoms. The molecule has 17 heavy (non-hydrogen) atoms. The van der Waals surface area contributed by atoms with Crippen molar-refractivity contribution >= 4 is 0 Å². The van der Waals surface area contributed by atoms with Gasteiger partial charge in [0.05, 0.1) is 0 Å². The maximum Gasteiger partial charge on any atom is 0.00674 e. The highest BCUT2D eigenvalue weighted by Gasteiger charge is 2.07.